The summed E-state index contributed by atoms with van der Waals surface area (Å²) in [5.41, 5.74) is 8.88. The molecular weight excluding hydrogens is 355 g/mol. The van der Waals surface area contributed by atoms with Gasteiger partial charge in [0.2, 0.25) is 0 Å². The van der Waals surface area contributed by atoms with Gasteiger partial charge in [-0.1, -0.05) is 36.4 Å². The second-order valence-corrected chi connectivity index (χ2v) is 6.56. The summed E-state index contributed by atoms with van der Waals surface area (Å²) >= 11 is 0. The zero-order valence-corrected chi connectivity index (χ0v) is 15.3. The fourth-order valence-electron chi connectivity index (χ4n) is 3.15. The fraction of sp³-hybridized carbons (Fsp3) is 0.182. The predicted octanol–water partition coefficient (Wildman–Crippen LogP) is 4.17. The van der Waals surface area contributed by atoms with E-state index in [0.717, 1.165) is 5.56 Å². The molecule has 142 valence electrons. The third-order valence-electron chi connectivity index (χ3n) is 4.54. The van der Waals surface area contributed by atoms with Crippen LogP contribution in [0.1, 0.15) is 23.9 Å². The first-order chi connectivity index (χ1) is 13.7. The zero-order chi connectivity index (χ0) is 19.3. The number of ether oxygens (including phenoxy) is 1. The summed E-state index contributed by atoms with van der Waals surface area (Å²) in [4.78, 5) is 9.04. The Kier molecular flexibility index (Phi) is 5.41. The lowest BCUT2D eigenvalue weighted by Crippen LogP contribution is -2.18. The van der Waals surface area contributed by atoms with E-state index in [1.165, 1.54) is 12.1 Å². The SMILES string of the molecule is N[C@@H](CCOCc1ccccc1)c1nc2ccc(F)cc2n1-c1ccccn1. The van der Waals surface area contributed by atoms with Crippen LogP contribution in [0.25, 0.3) is 16.9 Å². The largest absolute Gasteiger partial charge is 0.377 e. The van der Waals surface area contributed by atoms with Gasteiger partial charge in [0.15, 0.2) is 0 Å². The van der Waals surface area contributed by atoms with Crippen molar-refractivity contribution in [3.63, 3.8) is 0 Å². The van der Waals surface area contributed by atoms with Gasteiger partial charge in [-0.3, -0.25) is 4.57 Å². The third kappa shape index (κ3) is 3.93. The molecule has 2 aromatic carbocycles. The number of rotatable bonds is 7. The maximum absolute atomic E-state index is 13.8. The molecule has 28 heavy (non-hydrogen) atoms. The lowest BCUT2D eigenvalue weighted by Gasteiger charge is -2.14. The van der Waals surface area contributed by atoms with Crippen LogP contribution in [0.3, 0.4) is 0 Å². The second-order valence-electron chi connectivity index (χ2n) is 6.56. The normalized spacial score (nSPS) is 12.4. The quantitative estimate of drug-likeness (QED) is 0.492. The summed E-state index contributed by atoms with van der Waals surface area (Å²) < 4.78 is 21.4. The van der Waals surface area contributed by atoms with Crippen LogP contribution in [0.5, 0.6) is 0 Å². The van der Waals surface area contributed by atoms with Crippen molar-refractivity contribution in [1.82, 2.24) is 14.5 Å². The number of nitrogens with two attached hydrogens (primary N) is 1. The van der Waals surface area contributed by atoms with Gasteiger partial charge in [-0.05, 0) is 36.2 Å². The molecular formula is C22H21FN4O. The zero-order valence-electron chi connectivity index (χ0n) is 15.3. The Morgan fingerprint density at radius 1 is 1.04 bits per heavy atom. The Balaban J connectivity index is 1.55. The molecule has 2 N–H and O–H groups in total. The van der Waals surface area contributed by atoms with Gasteiger partial charge in [-0.15, -0.1) is 0 Å². The van der Waals surface area contributed by atoms with Gasteiger partial charge in [-0.2, -0.15) is 0 Å². The molecule has 0 amide bonds. The molecule has 0 radical (unpaired) electrons. The predicted molar refractivity (Wildman–Crippen MR) is 106 cm³/mol. The van der Waals surface area contributed by atoms with E-state index in [2.05, 4.69) is 9.97 Å². The number of hydrogen-bond donors (Lipinski definition) is 1. The van der Waals surface area contributed by atoms with E-state index in [-0.39, 0.29) is 11.9 Å². The van der Waals surface area contributed by atoms with Gasteiger partial charge in [0.1, 0.15) is 17.5 Å². The van der Waals surface area contributed by atoms with Gasteiger partial charge >= 0.3 is 0 Å². The maximum atomic E-state index is 13.8. The molecule has 5 nitrogen and oxygen atoms in total. The number of pyridine rings is 1. The lowest BCUT2D eigenvalue weighted by atomic mass is 10.2. The van der Waals surface area contributed by atoms with Crippen molar-refractivity contribution in [3.05, 3.63) is 90.1 Å². The van der Waals surface area contributed by atoms with Crippen LogP contribution in [-0.4, -0.2) is 21.1 Å². The number of fused-ring (bicyclic) bond motifs is 1. The molecule has 0 spiro atoms. The van der Waals surface area contributed by atoms with Crippen LogP contribution < -0.4 is 5.73 Å². The first-order valence-corrected chi connectivity index (χ1v) is 9.19. The van der Waals surface area contributed by atoms with Crippen LogP contribution in [0.15, 0.2) is 72.9 Å². The van der Waals surface area contributed by atoms with Crippen LogP contribution in [0.4, 0.5) is 4.39 Å². The average molecular weight is 376 g/mol. The molecule has 2 heterocycles. The van der Waals surface area contributed by atoms with Crippen LogP contribution in [0.2, 0.25) is 0 Å². The highest BCUT2D eigenvalue weighted by Crippen LogP contribution is 2.25. The molecule has 0 unspecified atom stereocenters. The van der Waals surface area contributed by atoms with Crippen molar-refractivity contribution in [2.45, 2.75) is 19.1 Å². The molecule has 0 bridgehead atoms. The highest BCUT2D eigenvalue weighted by Gasteiger charge is 2.19. The molecule has 0 saturated carbocycles. The Labute approximate surface area is 162 Å². The van der Waals surface area contributed by atoms with E-state index in [1.54, 1.807) is 12.3 Å². The third-order valence-corrected chi connectivity index (χ3v) is 4.54. The highest BCUT2D eigenvalue weighted by molar-refractivity contribution is 5.78. The minimum atomic E-state index is -0.367. The van der Waals surface area contributed by atoms with E-state index < -0.39 is 0 Å². The van der Waals surface area contributed by atoms with Gasteiger partial charge < -0.3 is 10.5 Å². The van der Waals surface area contributed by atoms with Crippen LogP contribution in [0, 0.1) is 5.82 Å². The van der Waals surface area contributed by atoms with Gasteiger partial charge in [0.25, 0.3) is 0 Å². The summed E-state index contributed by atoms with van der Waals surface area (Å²) in [5, 5.41) is 0. The monoisotopic (exact) mass is 376 g/mol. The standard InChI is InChI=1S/C22H21FN4O/c23-17-9-10-19-20(14-17)27(21-8-4-5-12-25-21)22(26-19)18(24)11-13-28-15-16-6-2-1-3-7-16/h1-10,12,14,18H,11,13,15,24H2/t18-/m0/s1. The van der Waals surface area contributed by atoms with E-state index in [4.69, 9.17) is 10.5 Å². The minimum absolute atomic E-state index is 0.323. The van der Waals surface area contributed by atoms with E-state index >= 15 is 0 Å². The Morgan fingerprint density at radius 3 is 2.64 bits per heavy atom. The number of imidazole rings is 1. The van der Waals surface area contributed by atoms with Crippen molar-refractivity contribution in [1.29, 1.82) is 0 Å². The average Bonchev–Trinajstić information content (AvgIpc) is 3.11. The first-order valence-electron chi connectivity index (χ1n) is 9.19. The van der Waals surface area contributed by atoms with Gasteiger partial charge in [0.05, 0.1) is 23.7 Å². The van der Waals surface area contributed by atoms with Crippen molar-refractivity contribution >= 4 is 11.0 Å². The van der Waals surface area contributed by atoms with E-state index in [0.29, 0.717) is 42.3 Å². The summed E-state index contributed by atoms with van der Waals surface area (Å²) in [6.07, 6.45) is 2.28. The lowest BCUT2D eigenvalue weighted by molar-refractivity contribution is 0.113. The molecule has 4 aromatic rings. The van der Waals surface area contributed by atoms with Crippen molar-refractivity contribution in [2.75, 3.05) is 6.61 Å². The number of hydrogen-bond acceptors (Lipinski definition) is 4. The molecule has 4 rings (SSSR count). The van der Waals surface area contributed by atoms with E-state index in [9.17, 15) is 4.39 Å². The molecule has 2 aromatic heterocycles. The Hall–Kier alpha value is -3.09. The molecule has 0 fully saturated rings. The van der Waals surface area contributed by atoms with Gasteiger partial charge in [0, 0.05) is 18.9 Å². The van der Waals surface area contributed by atoms with Gasteiger partial charge in [-0.25, -0.2) is 14.4 Å². The smallest absolute Gasteiger partial charge is 0.138 e. The minimum Gasteiger partial charge on any atom is -0.377 e. The second kappa shape index (κ2) is 8.29. The van der Waals surface area contributed by atoms with Crippen LogP contribution >= 0.6 is 0 Å². The number of halogens is 1. The molecule has 0 aliphatic rings. The van der Waals surface area contributed by atoms with Crippen molar-refractivity contribution < 1.29 is 9.13 Å². The van der Waals surface area contributed by atoms with E-state index in [1.807, 2.05) is 53.1 Å². The molecule has 0 saturated heterocycles. The summed E-state index contributed by atoms with van der Waals surface area (Å²) in [6.45, 7) is 1.03. The number of nitrogens with zero attached hydrogens (tertiary/aromatic N) is 3. The molecule has 0 aliphatic carbocycles. The first kappa shape index (κ1) is 18.3. The van der Waals surface area contributed by atoms with Crippen molar-refractivity contribution in [3.8, 4) is 5.82 Å². The maximum Gasteiger partial charge on any atom is 0.138 e. The number of aromatic nitrogens is 3. The topological polar surface area (TPSA) is 66.0 Å². The Morgan fingerprint density at radius 2 is 1.86 bits per heavy atom. The highest BCUT2D eigenvalue weighted by atomic mass is 19.1. The number of benzene rings is 2. The molecule has 1 atom stereocenters. The fourth-order valence-corrected chi connectivity index (χ4v) is 3.15. The summed E-state index contributed by atoms with van der Waals surface area (Å²) in [7, 11) is 0. The molecule has 0 aliphatic heterocycles. The Bertz CT molecular complexity index is 1050. The van der Waals surface area contributed by atoms with Crippen molar-refractivity contribution in [2.24, 2.45) is 5.73 Å². The summed E-state index contributed by atoms with van der Waals surface area (Å²) in [6, 6.07) is 19.7. The van der Waals surface area contributed by atoms with Crippen LogP contribution in [-0.2, 0) is 11.3 Å². The summed E-state index contributed by atoms with van der Waals surface area (Å²) in [5.74, 6) is 0.977. The molecule has 6 heteroatoms.